The fourth-order valence-electron chi connectivity index (χ4n) is 8.22. The highest BCUT2D eigenvalue weighted by atomic mass is 31.2. The van der Waals surface area contributed by atoms with Gasteiger partial charge in [0.25, 0.3) is 0 Å². The Bertz CT molecular complexity index is 1020. The summed E-state index contributed by atoms with van der Waals surface area (Å²) in [6.45, 7) is 4.91. The van der Waals surface area contributed by atoms with Crippen molar-refractivity contribution in [2.24, 2.45) is 0 Å². The van der Waals surface area contributed by atoms with E-state index in [2.05, 4.69) is 31.3 Å². The van der Waals surface area contributed by atoms with Crippen LogP contribution < -0.4 is 5.32 Å². The summed E-state index contributed by atoms with van der Waals surface area (Å²) in [5.74, 6) is -0.140. The molecule has 0 rings (SSSR count). The summed E-state index contributed by atoms with van der Waals surface area (Å²) >= 11 is 0. The van der Waals surface area contributed by atoms with E-state index in [0.29, 0.717) is 23.9 Å². The molecule has 0 spiro atoms. The van der Waals surface area contributed by atoms with Gasteiger partial charge in [0.15, 0.2) is 0 Å². The van der Waals surface area contributed by atoms with Gasteiger partial charge in [0.1, 0.15) is 13.2 Å². The molecule has 0 saturated carbocycles. The predicted molar refractivity (Wildman–Crippen MR) is 268 cm³/mol. The van der Waals surface area contributed by atoms with E-state index < -0.39 is 20.0 Å². The summed E-state index contributed by atoms with van der Waals surface area (Å²) in [6.07, 6.45) is 54.0. The minimum Gasteiger partial charge on any atom is -0.391 e. The summed E-state index contributed by atoms with van der Waals surface area (Å²) in [5, 5.41) is 14.0. The van der Waals surface area contributed by atoms with Crippen molar-refractivity contribution in [1.29, 1.82) is 0 Å². The zero-order valence-electron chi connectivity index (χ0n) is 42.1. The van der Waals surface area contributed by atoms with E-state index in [1.807, 2.05) is 21.1 Å². The number of aliphatic hydroxyl groups is 1. The van der Waals surface area contributed by atoms with Crippen LogP contribution in [-0.4, -0.2) is 73.4 Å². The lowest BCUT2D eigenvalue weighted by molar-refractivity contribution is -0.870. The summed E-state index contributed by atoms with van der Waals surface area (Å²) in [4.78, 5) is 23.2. The van der Waals surface area contributed by atoms with Gasteiger partial charge < -0.3 is 19.8 Å². The maximum atomic E-state index is 13.0. The molecule has 0 aromatic carbocycles. The predicted octanol–water partition coefficient (Wildman–Crippen LogP) is 15.9. The molecule has 0 fully saturated rings. The molecule has 0 radical (unpaired) electrons. The molecule has 0 heterocycles. The van der Waals surface area contributed by atoms with E-state index in [1.165, 1.54) is 205 Å². The van der Waals surface area contributed by atoms with Crippen LogP contribution in [0.4, 0.5) is 0 Å². The third-order valence-corrected chi connectivity index (χ3v) is 13.5. The number of hydrogen-bond donors (Lipinski definition) is 3. The van der Waals surface area contributed by atoms with Crippen LogP contribution in [0.1, 0.15) is 271 Å². The van der Waals surface area contributed by atoms with Gasteiger partial charge >= 0.3 is 7.82 Å². The van der Waals surface area contributed by atoms with E-state index in [0.717, 1.165) is 38.5 Å². The van der Waals surface area contributed by atoms with Gasteiger partial charge in [-0.1, -0.05) is 238 Å². The van der Waals surface area contributed by atoms with E-state index in [9.17, 15) is 19.4 Å². The maximum Gasteiger partial charge on any atom is 0.472 e. The molecule has 0 aromatic rings. The van der Waals surface area contributed by atoms with Gasteiger partial charge in [-0.25, -0.2) is 4.57 Å². The van der Waals surface area contributed by atoms with Crippen molar-refractivity contribution in [1.82, 2.24) is 5.32 Å². The van der Waals surface area contributed by atoms with Crippen LogP contribution in [0.15, 0.2) is 12.2 Å². The standard InChI is InChI=1S/C53H107N2O6P/c1-6-8-10-12-14-16-18-20-21-22-23-24-25-26-27-28-29-30-31-32-33-35-37-39-41-43-45-47-53(57)54-51(50-61-62(58,59)60-49-48-55(3,4)5)52(56)46-44-42-40-38-36-34-19-17-15-13-11-9-7-2/h22-23,51-52,56H,6-21,24-50H2,1-5H3,(H-,54,57,58,59)/p+1/b23-22-. The highest BCUT2D eigenvalue weighted by Gasteiger charge is 2.28. The quantitative estimate of drug-likeness (QED) is 0.0243. The molecule has 0 aliphatic rings. The number of carbonyl (C=O) groups is 1. The third kappa shape index (κ3) is 47.2. The van der Waals surface area contributed by atoms with E-state index in [-0.39, 0.29) is 19.1 Å². The Morgan fingerprint density at radius 1 is 0.532 bits per heavy atom. The van der Waals surface area contributed by atoms with Crippen LogP contribution >= 0.6 is 7.82 Å². The number of unbranched alkanes of at least 4 members (excludes halogenated alkanes) is 35. The number of hydrogen-bond acceptors (Lipinski definition) is 5. The molecule has 0 aliphatic carbocycles. The average molecular weight is 900 g/mol. The second-order valence-electron chi connectivity index (χ2n) is 20.0. The Hall–Kier alpha value is -0.760. The van der Waals surface area contributed by atoms with E-state index in [1.54, 1.807) is 0 Å². The second-order valence-corrected chi connectivity index (χ2v) is 21.4. The SMILES string of the molecule is CCCCCCCCCC/C=C\CCCCCCCCCCCCCCCCCC(=O)NC(COP(=O)(O)OCC[N+](C)(C)C)C(O)CCCCCCCCCCCCCCC. The maximum absolute atomic E-state index is 13.0. The number of amides is 1. The van der Waals surface area contributed by atoms with Gasteiger partial charge in [0.05, 0.1) is 39.9 Å². The van der Waals surface area contributed by atoms with Gasteiger partial charge in [-0.3, -0.25) is 13.8 Å². The fraction of sp³-hybridized carbons (Fsp3) is 0.943. The van der Waals surface area contributed by atoms with Crippen LogP contribution in [0.25, 0.3) is 0 Å². The van der Waals surface area contributed by atoms with Crippen LogP contribution in [0.3, 0.4) is 0 Å². The number of allylic oxidation sites excluding steroid dienone is 2. The summed E-state index contributed by atoms with van der Waals surface area (Å²) in [6, 6.07) is -0.756. The molecule has 0 aliphatic heterocycles. The number of nitrogens with zero attached hydrogens (tertiary/aromatic N) is 1. The average Bonchev–Trinajstić information content (AvgIpc) is 3.23. The summed E-state index contributed by atoms with van der Waals surface area (Å²) in [7, 11) is 1.63. The smallest absolute Gasteiger partial charge is 0.391 e. The fourth-order valence-corrected chi connectivity index (χ4v) is 8.96. The van der Waals surface area contributed by atoms with Gasteiger partial charge in [-0.05, 0) is 38.5 Å². The Kier molecular flexibility index (Phi) is 44.8. The monoisotopic (exact) mass is 900 g/mol. The van der Waals surface area contributed by atoms with Gasteiger partial charge in [0, 0.05) is 6.42 Å². The number of quaternary nitrogens is 1. The summed E-state index contributed by atoms with van der Waals surface area (Å²) < 4.78 is 23.7. The van der Waals surface area contributed by atoms with Crippen molar-refractivity contribution in [3.8, 4) is 0 Å². The number of carbonyl (C=O) groups excluding carboxylic acids is 1. The van der Waals surface area contributed by atoms with Crippen molar-refractivity contribution in [2.75, 3.05) is 40.9 Å². The second kappa shape index (κ2) is 45.4. The van der Waals surface area contributed by atoms with E-state index >= 15 is 0 Å². The van der Waals surface area contributed by atoms with Gasteiger partial charge in [-0.15, -0.1) is 0 Å². The minimum atomic E-state index is -4.31. The van der Waals surface area contributed by atoms with Crippen molar-refractivity contribution in [2.45, 2.75) is 283 Å². The van der Waals surface area contributed by atoms with Crippen molar-refractivity contribution >= 4 is 13.7 Å². The molecule has 62 heavy (non-hydrogen) atoms. The molecule has 9 heteroatoms. The molecule has 3 unspecified atom stereocenters. The van der Waals surface area contributed by atoms with Crippen molar-refractivity contribution in [3.63, 3.8) is 0 Å². The molecule has 0 saturated heterocycles. The van der Waals surface area contributed by atoms with Crippen LogP contribution in [-0.2, 0) is 18.4 Å². The molecular weight excluding hydrogens is 792 g/mol. The normalized spacial score (nSPS) is 14.1. The molecule has 370 valence electrons. The number of aliphatic hydroxyl groups excluding tert-OH is 1. The lowest BCUT2D eigenvalue weighted by Crippen LogP contribution is -2.46. The minimum absolute atomic E-state index is 0.0774. The highest BCUT2D eigenvalue weighted by Crippen LogP contribution is 2.43. The van der Waals surface area contributed by atoms with Crippen LogP contribution in [0, 0.1) is 0 Å². The van der Waals surface area contributed by atoms with Crippen LogP contribution in [0.2, 0.25) is 0 Å². The highest BCUT2D eigenvalue weighted by molar-refractivity contribution is 7.47. The summed E-state index contributed by atoms with van der Waals surface area (Å²) in [5.41, 5.74) is 0. The Morgan fingerprint density at radius 2 is 0.871 bits per heavy atom. The molecule has 8 nitrogen and oxygen atoms in total. The van der Waals surface area contributed by atoms with E-state index in [4.69, 9.17) is 9.05 Å². The van der Waals surface area contributed by atoms with Gasteiger partial charge in [-0.2, -0.15) is 0 Å². The van der Waals surface area contributed by atoms with Crippen molar-refractivity contribution in [3.05, 3.63) is 12.2 Å². The zero-order valence-corrected chi connectivity index (χ0v) is 43.0. The third-order valence-electron chi connectivity index (χ3n) is 12.5. The zero-order chi connectivity index (χ0) is 45.7. The lowest BCUT2D eigenvalue weighted by atomic mass is 10.0. The van der Waals surface area contributed by atoms with Crippen LogP contribution in [0.5, 0.6) is 0 Å². The molecule has 3 N–H and O–H groups in total. The molecule has 0 bridgehead atoms. The topological polar surface area (TPSA) is 105 Å². The van der Waals surface area contributed by atoms with Crippen molar-refractivity contribution < 1.29 is 32.9 Å². The Morgan fingerprint density at radius 3 is 1.24 bits per heavy atom. The Labute approximate surface area is 386 Å². The number of nitrogens with one attached hydrogen (secondary N) is 1. The lowest BCUT2D eigenvalue weighted by Gasteiger charge is -2.26. The molecule has 3 atom stereocenters. The number of rotatable bonds is 50. The first-order valence-electron chi connectivity index (χ1n) is 27.1. The first-order chi connectivity index (χ1) is 30.0. The molecule has 1 amide bonds. The number of likely N-dealkylation sites (N-methyl/N-ethyl adjacent to an activating group) is 1. The largest absolute Gasteiger partial charge is 0.472 e. The molecular formula is C53H108N2O6P+. The first kappa shape index (κ1) is 61.2. The Balaban J connectivity index is 4.07. The number of phosphoric acid groups is 1. The van der Waals surface area contributed by atoms with Gasteiger partial charge in [0.2, 0.25) is 5.91 Å². The first-order valence-corrected chi connectivity index (χ1v) is 28.5. The molecule has 0 aromatic heterocycles. The number of phosphoric ester groups is 1.